The molecule has 0 spiro atoms. The first-order chi connectivity index (χ1) is 13.5. The van der Waals surface area contributed by atoms with Crippen molar-refractivity contribution < 1.29 is 0 Å². The molecule has 2 heterocycles. The zero-order valence-electron chi connectivity index (χ0n) is 16.1. The van der Waals surface area contributed by atoms with Crippen LogP contribution in [0.4, 0.5) is 0 Å². The third-order valence-electron chi connectivity index (χ3n) is 5.04. The maximum absolute atomic E-state index is 12.9. The molecule has 0 bridgehead atoms. The Bertz CT molecular complexity index is 1290. The predicted molar refractivity (Wildman–Crippen MR) is 110 cm³/mol. The van der Waals surface area contributed by atoms with Gasteiger partial charge in [0, 0.05) is 11.5 Å². The fraction of sp³-hybridized carbons (Fsp3) is 0.174. The summed E-state index contributed by atoms with van der Waals surface area (Å²) < 4.78 is 3.53. The zero-order chi connectivity index (χ0) is 19.8. The molecular formula is C23H20N4O. The van der Waals surface area contributed by atoms with E-state index in [1.165, 1.54) is 0 Å². The molecule has 0 amide bonds. The van der Waals surface area contributed by atoms with Gasteiger partial charge in [-0.3, -0.25) is 9.36 Å². The van der Waals surface area contributed by atoms with E-state index in [0.717, 1.165) is 39.1 Å². The van der Waals surface area contributed by atoms with E-state index in [-0.39, 0.29) is 5.56 Å². The summed E-state index contributed by atoms with van der Waals surface area (Å²) in [5, 5.41) is 15.1. The van der Waals surface area contributed by atoms with Crippen LogP contribution in [-0.2, 0) is 6.54 Å². The van der Waals surface area contributed by atoms with Crippen molar-refractivity contribution in [1.82, 2.24) is 14.3 Å². The molecule has 4 rings (SSSR count). The van der Waals surface area contributed by atoms with Crippen molar-refractivity contribution in [2.24, 2.45) is 0 Å². The van der Waals surface area contributed by atoms with Gasteiger partial charge in [-0.05, 0) is 50.1 Å². The molecule has 0 aliphatic heterocycles. The largest absolute Gasteiger partial charge is 0.288 e. The molecule has 0 saturated carbocycles. The number of benzene rings is 2. The highest BCUT2D eigenvalue weighted by molar-refractivity contribution is 5.83. The predicted octanol–water partition coefficient (Wildman–Crippen LogP) is 4.03. The number of nitriles is 1. The Hall–Kier alpha value is -3.65. The highest BCUT2D eigenvalue weighted by Crippen LogP contribution is 2.25. The molecule has 0 aliphatic carbocycles. The van der Waals surface area contributed by atoms with Crippen LogP contribution in [0.2, 0.25) is 0 Å². The lowest BCUT2D eigenvalue weighted by Gasteiger charge is -2.13. The molecular weight excluding hydrogens is 348 g/mol. The monoisotopic (exact) mass is 368 g/mol. The quantitative estimate of drug-likeness (QED) is 0.548. The molecule has 138 valence electrons. The van der Waals surface area contributed by atoms with Crippen molar-refractivity contribution in [3.05, 3.63) is 92.9 Å². The van der Waals surface area contributed by atoms with E-state index in [1.54, 1.807) is 16.7 Å². The number of fused-ring (bicyclic) bond motifs is 1. The second-order valence-corrected chi connectivity index (χ2v) is 7.05. The van der Waals surface area contributed by atoms with Gasteiger partial charge in [0.15, 0.2) is 0 Å². The van der Waals surface area contributed by atoms with Crippen molar-refractivity contribution in [3.8, 4) is 11.8 Å². The smallest absolute Gasteiger partial charge is 0.252 e. The summed E-state index contributed by atoms with van der Waals surface area (Å²) in [4.78, 5) is 12.9. The molecule has 0 unspecified atom stereocenters. The second-order valence-electron chi connectivity index (χ2n) is 7.05. The number of nitrogens with zero attached hydrogens (tertiary/aromatic N) is 4. The van der Waals surface area contributed by atoms with Gasteiger partial charge < -0.3 is 0 Å². The van der Waals surface area contributed by atoms with E-state index in [1.807, 2.05) is 67.9 Å². The van der Waals surface area contributed by atoms with Crippen LogP contribution < -0.4 is 5.56 Å². The number of hydrogen-bond donors (Lipinski definition) is 0. The van der Waals surface area contributed by atoms with Gasteiger partial charge in [0.2, 0.25) is 0 Å². The minimum Gasteiger partial charge on any atom is -0.288 e. The first kappa shape index (κ1) is 17.7. The number of pyridine rings is 1. The van der Waals surface area contributed by atoms with E-state index < -0.39 is 0 Å². The highest BCUT2D eigenvalue weighted by atomic mass is 16.1. The Morgan fingerprint density at radius 2 is 1.75 bits per heavy atom. The summed E-state index contributed by atoms with van der Waals surface area (Å²) in [6.07, 6.45) is 0. The summed E-state index contributed by atoms with van der Waals surface area (Å²) in [5.74, 6) is 0. The van der Waals surface area contributed by atoms with Crippen molar-refractivity contribution in [2.45, 2.75) is 27.3 Å². The first-order valence-electron chi connectivity index (χ1n) is 9.14. The van der Waals surface area contributed by atoms with Gasteiger partial charge in [0.1, 0.15) is 5.65 Å². The van der Waals surface area contributed by atoms with Gasteiger partial charge in [-0.15, -0.1) is 0 Å². The lowest BCUT2D eigenvalue weighted by Crippen LogP contribution is -2.23. The third kappa shape index (κ3) is 2.89. The number of rotatable bonds is 3. The van der Waals surface area contributed by atoms with Crippen LogP contribution in [-0.4, -0.2) is 14.3 Å². The van der Waals surface area contributed by atoms with Crippen molar-refractivity contribution in [1.29, 1.82) is 5.26 Å². The normalized spacial score (nSPS) is 10.9. The fourth-order valence-corrected chi connectivity index (χ4v) is 3.62. The second kappa shape index (κ2) is 6.82. The maximum atomic E-state index is 12.9. The average Bonchev–Trinajstić information content (AvgIpc) is 3.03. The van der Waals surface area contributed by atoms with Gasteiger partial charge in [-0.25, -0.2) is 4.68 Å². The molecule has 5 nitrogen and oxygen atoms in total. The molecule has 2 aromatic carbocycles. The van der Waals surface area contributed by atoms with Crippen LogP contribution in [0.15, 0.2) is 59.4 Å². The molecule has 4 aromatic rings. The van der Waals surface area contributed by atoms with E-state index in [4.69, 9.17) is 5.10 Å². The topological polar surface area (TPSA) is 63.6 Å². The van der Waals surface area contributed by atoms with Crippen molar-refractivity contribution >= 4 is 11.0 Å². The van der Waals surface area contributed by atoms with Gasteiger partial charge in [0.25, 0.3) is 5.56 Å². The summed E-state index contributed by atoms with van der Waals surface area (Å²) in [6.45, 7) is 6.25. The fourth-order valence-electron chi connectivity index (χ4n) is 3.62. The van der Waals surface area contributed by atoms with Gasteiger partial charge in [0.05, 0.1) is 29.6 Å². The average molecular weight is 368 g/mol. The molecule has 0 saturated heterocycles. The number of aryl methyl sites for hydroxylation is 3. The number of hydrogen-bond acceptors (Lipinski definition) is 3. The van der Waals surface area contributed by atoms with Crippen LogP contribution in [0.25, 0.3) is 16.7 Å². The number of aromatic nitrogens is 3. The molecule has 0 aliphatic rings. The Morgan fingerprint density at radius 1 is 1.04 bits per heavy atom. The molecule has 0 N–H and O–H groups in total. The lowest BCUT2D eigenvalue weighted by atomic mass is 10.1. The van der Waals surface area contributed by atoms with E-state index >= 15 is 0 Å². The Morgan fingerprint density at radius 3 is 2.46 bits per heavy atom. The zero-order valence-corrected chi connectivity index (χ0v) is 16.1. The molecule has 2 aromatic heterocycles. The maximum Gasteiger partial charge on any atom is 0.252 e. The van der Waals surface area contributed by atoms with Crippen LogP contribution in [0.5, 0.6) is 0 Å². The van der Waals surface area contributed by atoms with E-state index in [0.29, 0.717) is 12.1 Å². The first-order valence-corrected chi connectivity index (χ1v) is 9.14. The van der Waals surface area contributed by atoms with Gasteiger partial charge in [-0.1, -0.05) is 35.9 Å². The summed E-state index contributed by atoms with van der Waals surface area (Å²) >= 11 is 0. The van der Waals surface area contributed by atoms with Gasteiger partial charge in [-0.2, -0.15) is 10.4 Å². The molecule has 0 fully saturated rings. The molecule has 0 atom stereocenters. The molecule has 0 radical (unpaired) electrons. The van der Waals surface area contributed by atoms with Crippen LogP contribution >= 0.6 is 0 Å². The Balaban J connectivity index is 2.02. The highest BCUT2D eigenvalue weighted by Gasteiger charge is 2.18. The van der Waals surface area contributed by atoms with E-state index in [2.05, 4.69) is 6.07 Å². The lowest BCUT2D eigenvalue weighted by molar-refractivity contribution is 0.749. The van der Waals surface area contributed by atoms with E-state index in [9.17, 15) is 10.1 Å². The third-order valence-corrected chi connectivity index (χ3v) is 5.04. The summed E-state index contributed by atoms with van der Waals surface area (Å²) in [7, 11) is 0. The summed E-state index contributed by atoms with van der Waals surface area (Å²) in [5.41, 5.74) is 5.86. The van der Waals surface area contributed by atoms with Crippen LogP contribution in [0.3, 0.4) is 0 Å². The minimum atomic E-state index is -0.106. The standard InChI is InChI=1S/C23H20N4O/c1-15-8-10-20(11-9-15)27-23-22(17(3)25-27)16(2)12-21(28)26(23)14-19-7-5-4-6-18(19)13-24/h4-12H,14H2,1-3H3. The molecule has 28 heavy (non-hydrogen) atoms. The summed E-state index contributed by atoms with van der Waals surface area (Å²) in [6, 6.07) is 19.3. The van der Waals surface area contributed by atoms with Gasteiger partial charge >= 0.3 is 0 Å². The van der Waals surface area contributed by atoms with Crippen molar-refractivity contribution in [2.75, 3.05) is 0 Å². The Kier molecular flexibility index (Phi) is 4.32. The minimum absolute atomic E-state index is 0.106. The van der Waals surface area contributed by atoms with Crippen LogP contribution in [0, 0.1) is 32.1 Å². The molecule has 5 heteroatoms. The van der Waals surface area contributed by atoms with Crippen molar-refractivity contribution in [3.63, 3.8) is 0 Å². The Labute approximate surface area is 163 Å². The SMILES string of the molecule is Cc1ccc(-n2nc(C)c3c(C)cc(=O)n(Cc4ccccc4C#N)c32)cc1. The van der Waals surface area contributed by atoms with Crippen LogP contribution in [0.1, 0.15) is 27.9 Å².